The van der Waals surface area contributed by atoms with Crippen molar-refractivity contribution >= 4 is 11.7 Å². The second-order valence-corrected chi connectivity index (χ2v) is 6.44. The third kappa shape index (κ3) is 4.50. The number of hydrogen-bond donors (Lipinski definition) is 1. The average molecular weight is 317 g/mol. The van der Waals surface area contributed by atoms with Crippen LogP contribution in [0.25, 0.3) is 0 Å². The molecule has 2 aliphatic carbocycles. The highest BCUT2D eigenvalue weighted by atomic mass is 16.5. The van der Waals surface area contributed by atoms with E-state index in [1.807, 2.05) is 0 Å². The molecule has 0 unspecified atom stereocenters. The molecule has 2 aliphatic rings. The number of amides is 1. The molecule has 0 aromatic carbocycles. The third-order valence-corrected chi connectivity index (χ3v) is 4.75. The normalized spacial score (nSPS) is 25.8. The van der Waals surface area contributed by atoms with E-state index >= 15 is 0 Å². The Labute approximate surface area is 136 Å². The van der Waals surface area contributed by atoms with E-state index in [0.717, 1.165) is 25.7 Å². The lowest BCUT2D eigenvalue weighted by molar-refractivity contribution is -0.129. The van der Waals surface area contributed by atoms with Crippen LogP contribution < -0.4 is 10.1 Å². The molecular weight excluding hydrogens is 294 g/mol. The van der Waals surface area contributed by atoms with E-state index in [2.05, 4.69) is 15.3 Å². The minimum absolute atomic E-state index is 0.0133. The Morgan fingerprint density at radius 1 is 1.04 bits per heavy atom. The Morgan fingerprint density at radius 2 is 1.70 bits per heavy atom. The summed E-state index contributed by atoms with van der Waals surface area (Å²) >= 11 is 0. The van der Waals surface area contributed by atoms with Gasteiger partial charge in [-0.1, -0.05) is 0 Å². The fraction of sp³-hybridized carbons (Fsp3) is 0.647. The second-order valence-electron chi connectivity index (χ2n) is 6.44. The molecule has 1 aromatic heterocycles. The number of carbonyl (C=O) groups excluding carboxylic acids is 2. The highest BCUT2D eigenvalue weighted by molar-refractivity contribution is 5.84. The van der Waals surface area contributed by atoms with E-state index in [9.17, 15) is 9.59 Å². The maximum absolute atomic E-state index is 12.3. The van der Waals surface area contributed by atoms with Gasteiger partial charge in [0, 0.05) is 37.2 Å². The number of nitrogens with one attached hydrogen (secondary N) is 1. The monoisotopic (exact) mass is 317 g/mol. The van der Waals surface area contributed by atoms with Crippen LogP contribution in [0.5, 0.6) is 6.01 Å². The molecule has 2 fully saturated rings. The number of carbonyl (C=O) groups is 2. The number of Topliss-reactive ketones (excluding diaryl/α,β-unsaturated/α-hetero) is 1. The molecule has 124 valence electrons. The van der Waals surface area contributed by atoms with Crippen molar-refractivity contribution in [3.63, 3.8) is 0 Å². The van der Waals surface area contributed by atoms with E-state index in [1.165, 1.54) is 0 Å². The van der Waals surface area contributed by atoms with Gasteiger partial charge in [-0.3, -0.25) is 9.59 Å². The first kappa shape index (κ1) is 15.9. The summed E-state index contributed by atoms with van der Waals surface area (Å²) in [5, 5.41) is 3.15. The highest BCUT2D eigenvalue weighted by Crippen LogP contribution is 2.25. The predicted molar refractivity (Wildman–Crippen MR) is 83.8 cm³/mol. The molecular formula is C17H23N3O3. The standard InChI is InChI=1S/C17H23N3O3/c21-14-6-2-12(3-7-14)16(22)20-13-4-8-15(9-5-13)23-17-18-10-1-11-19-17/h1,10-13,15H,2-9H2,(H,20,22). The lowest BCUT2D eigenvalue weighted by Crippen LogP contribution is -2.43. The van der Waals surface area contributed by atoms with Crippen LogP contribution in [0.2, 0.25) is 0 Å². The van der Waals surface area contributed by atoms with Crippen LogP contribution in [0.15, 0.2) is 18.5 Å². The zero-order valence-electron chi connectivity index (χ0n) is 13.2. The summed E-state index contributed by atoms with van der Waals surface area (Å²) in [4.78, 5) is 31.7. The molecule has 0 radical (unpaired) electrons. The molecule has 2 saturated carbocycles. The van der Waals surface area contributed by atoms with Crippen LogP contribution in [-0.2, 0) is 9.59 Å². The Balaban J connectivity index is 1.40. The molecule has 23 heavy (non-hydrogen) atoms. The van der Waals surface area contributed by atoms with Gasteiger partial charge in [-0.2, -0.15) is 0 Å². The fourth-order valence-corrected chi connectivity index (χ4v) is 3.34. The van der Waals surface area contributed by atoms with E-state index < -0.39 is 0 Å². The number of hydrogen-bond acceptors (Lipinski definition) is 5. The van der Waals surface area contributed by atoms with E-state index in [4.69, 9.17) is 4.74 Å². The van der Waals surface area contributed by atoms with Crippen molar-refractivity contribution in [1.29, 1.82) is 0 Å². The van der Waals surface area contributed by atoms with Crippen molar-refractivity contribution in [2.24, 2.45) is 5.92 Å². The van der Waals surface area contributed by atoms with Gasteiger partial charge in [0.25, 0.3) is 0 Å². The topological polar surface area (TPSA) is 81.2 Å². The van der Waals surface area contributed by atoms with Crippen LogP contribution in [-0.4, -0.2) is 33.8 Å². The lowest BCUT2D eigenvalue weighted by atomic mass is 9.86. The van der Waals surface area contributed by atoms with Crippen molar-refractivity contribution in [2.75, 3.05) is 0 Å². The summed E-state index contributed by atoms with van der Waals surface area (Å²) in [5.74, 6) is 0.419. The Kier molecular flexibility index (Phi) is 5.20. The van der Waals surface area contributed by atoms with Crippen LogP contribution >= 0.6 is 0 Å². The summed E-state index contributed by atoms with van der Waals surface area (Å²) in [5.41, 5.74) is 0. The number of aromatic nitrogens is 2. The van der Waals surface area contributed by atoms with Crippen LogP contribution in [0.4, 0.5) is 0 Å². The van der Waals surface area contributed by atoms with Gasteiger partial charge >= 0.3 is 6.01 Å². The van der Waals surface area contributed by atoms with Gasteiger partial charge < -0.3 is 10.1 Å². The van der Waals surface area contributed by atoms with Gasteiger partial charge in [0.1, 0.15) is 11.9 Å². The smallest absolute Gasteiger partial charge is 0.316 e. The first-order valence-electron chi connectivity index (χ1n) is 8.46. The van der Waals surface area contributed by atoms with Gasteiger partial charge in [-0.15, -0.1) is 0 Å². The van der Waals surface area contributed by atoms with Crippen molar-refractivity contribution < 1.29 is 14.3 Å². The summed E-state index contributed by atoms with van der Waals surface area (Å²) in [6.45, 7) is 0. The molecule has 1 N–H and O–H groups in total. The molecule has 0 atom stereocenters. The second kappa shape index (κ2) is 7.53. The summed E-state index contributed by atoms with van der Waals surface area (Å²) < 4.78 is 5.76. The van der Waals surface area contributed by atoms with Crippen LogP contribution in [0.3, 0.4) is 0 Å². The molecule has 0 saturated heterocycles. The zero-order valence-corrected chi connectivity index (χ0v) is 13.2. The van der Waals surface area contributed by atoms with Crippen molar-refractivity contribution in [2.45, 2.75) is 63.5 Å². The Hall–Kier alpha value is -1.98. The first-order valence-corrected chi connectivity index (χ1v) is 8.46. The summed E-state index contributed by atoms with van der Waals surface area (Å²) in [6.07, 6.45) is 9.58. The first-order chi connectivity index (χ1) is 11.2. The van der Waals surface area contributed by atoms with Gasteiger partial charge in [0.05, 0.1) is 0 Å². The third-order valence-electron chi connectivity index (χ3n) is 4.75. The van der Waals surface area contributed by atoms with E-state index in [-0.39, 0.29) is 29.8 Å². The van der Waals surface area contributed by atoms with Gasteiger partial charge in [-0.05, 0) is 44.6 Å². The number of nitrogens with zero attached hydrogens (tertiary/aromatic N) is 2. The quantitative estimate of drug-likeness (QED) is 0.919. The lowest BCUT2D eigenvalue weighted by Gasteiger charge is -2.30. The Morgan fingerprint density at radius 3 is 2.35 bits per heavy atom. The number of rotatable bonds is 4. The maximum atomic E-state index is 12.3. The van der Waals surface area contributed by atoms with Gasteiger partial charge in [0.2, 0.25) is 5.91 Å². The van der Waals surface area contributed by atoms with Gasteiger partial charge in [0.15, 0.2) is 0 Å². The molecule has 6 heteroatoms. The molecule has 6 nitrogen and oxygen atoms in total. The maximum Gasteiger partial charge on any atom is 0.316 e. The summed E-state index contributed by atoms with van der Waals surface area (Å²) in [6, 6.07) is 2.40. The number of ketones is 1. The van der Waals surface area contributed by atoms with Crippen LogP contribution in [0.1, 0.15) is 51.4 Å². The van der Waals surface area contributed by atoms with E-state index in [1.54, 1.807) is 18.5 Å². The molecule has 0 aliphatic heterocycles. The van der Waals surface area contributed by atoms with Crippen molar-refractivity contribution in [3.05, 3.63) is 18.5 Å². The molecule has 1 amide bonds. The zero-order chi connectivity index (χ0) is 16.1. The van der Waals surface area contributed by atoms with E-state index in [0.29, 0.717) is 31.7 Å². The molecule has 1 aromatic rings. The minimum Gasteiger partial charge on any atom is -0.460 e. The largest absolute Gasteiger partial charge is 0.460 e. The van der Waals surface area contributed by atoms with Crippen molar-refractivity contribution in [3.8, 4) is 6.01 Å². The predicted octanol–water partition coefficient (Wildman–Crippen LogP) is 2.04. The number of ether oxygens (including phenoxy) is 1. The SMILES string of the molecule is O=C1CCC(C(=O)NC2CCC(Oc3ncccn3)CC2)CC1. The fourth-order valence-electron chi connectivity index (χ4n) is 3.34. The average Bonchev–Trinajstić information content (AvgIpc) is 2.58. The van der Waals surface area contributed by atoms with Crippen LogP contribution in [0, 0.1) is 5.92 Å². The Bertz CT molecular complexity index is 531. The molecule has 0 bridgehead atoms. The molecule has 0 spiro atoms. The van der Waals surface area contributed by atoms with Gasteiger partial charge in [-0.25, -0.2) is 9.97 Å². The minimum atomic E-state index is 0.0133. The molecule has 1 heterocycles. The summed E-state index contributed by atoms with van der Waals surface area (Å²) in [7, 11) is 0. The molecule has 3 rings (SSSR count). The van der Waals surface area contributed by atoms with Crippen molar-refractivity contribution in [1.82, 2.24) is 15.3 Å². The highest BCUT2D eigenvalue weighted by Gasteiger charge is 2.29.